The second kappa shape index (κ2) is 6.18. The van der Waals surface area contributed by atoms with Crippen molar-refractivity contribution in [1.29, 1.82) is 0 Å². The number of amides is 1. The van der Waals surface area contributed by atoms with Crippen molar-refractivity contribution in [3.05, 3.63) is 17.5 Å². The molecular formula is C16H25N3O2. The summed E-state index contributed by atoms with van der Waals surface area (Å²) in [5.74, 6) is 1.75. The molecule has 1 saturated heterocycles. The van der Waals surface area contributed by atoms with Gasteiger partial charge in [0.15, 0.2) is 0 Å². The summed E-state index contributed by atoms with van der Waals surface area (Å²) < 4.78 is 5.06. The summed E-state index contributed by atoms with van der Waals surface area (Å²) in [7, 11) is 1.85. The Kier molecular flexibility index (Phi) is 4.29. The number of nitrogens with zero attached hydrogens (tertiary/aromatic N) is 2. The Morgan fingerprint density at radius 1 is 1.38 bits per heavy atom. The van der Waals surface area contributed by atoms with Gasteiger partial charge in [-0.2, -0.15) is 0 Å². The highest BCUT2D eigenvalue weighted by atomic mass is 16.5. The van der Waals surface area contributed by atoms with E-state index in [4.69, 9.17) is 4.52 Å². The molecule has 2 aliphatic rings. The molecule has 1 N–H and O–H groups in total. The normalized spacial score (nSPS) is 29.0. The Balaban J connectivity index is 1.57. The molecule has 1 aromatic heterocycles. The Labute approximate surface area is 126 Å². The molecule has 1 aliphatic heterocycles. The molecule has 3 rings (SSSR count). The van der Waals surface area contributed by atoms with Gasteiger partial charge in [0.25, 0.3) is 0 Å². The number of aromatic nitrogens is 1. The molecular weight excluding hydrogens is 266 g/mol. The van der Waals surface area contributed by atoms with Gasteiger partial charge in [0.2, 0.25) is 5.91 Å². The van der Waals surface area contributed by atoms with Gasteiger partial charge in [0.05, 0.1) is 12.6 Å². The van der Waals surface area contributed by atoms with E-state index in [9.17, 15) is 4.79 Å². The molecule has 5 heteroatoms. The SMILES string of the molecule is Cc1cc(CN(C)C(=O)C2CCC3CCCCC3N2)no1. The van der Waals surface area contributed by atoms with Crippen molar-refractivity contribution in [2.75, 3.05) is 7.05 Å². The summed E-state index contributed by atoms with van der Waals surface area (Å²) in [5.41, 5.74) is 0.815. The van der Waals surface area contributed by atoms with Crippen LogP contribution in [0.2, 0.25) is 0 Å². The van der Waals surface area contributed by atoms with Crippen LogP contribution in [-0.4, -0.2) is 35.1 Å². The van der Waals surface area contributed by atoms with Crippen molar-refractivity contribution in [1.82, 2.24) is 15.4 Å². The average Bonchev–Trinajstić information content (AvgIpc) is 2.91. The predicted octanol–water partition coefficient (Wildman–Crippen LogP) is 2.25. The highest BCUT2D eigenvalue weighted by molar-refractivity contribution is 5.81. The van der Waals surface area contributed by atoms with Gasteiger partial charge in [-0.25, -0.2) is 0 Å². The number of fused-ring (bicyclic) bond motifs is 1. The lowest BCUT2D eigenvalue weighted by atomic mass is 9.77. The number of carbonyl (C=O) groups is 1. The standard InChI is InChI=1S/C16H25N3O2/c1-11-9-13(18-21-11)10-19(2)16(20)15-8-7-12-5-3-4-6-14(12)17-15/h9,12,14-15,17H,3-8,10H2,1-2H3. The van der Waals surface area contributed by atoms with Gasteiger partial charge in [0, 0.05) is 19.2 Å². The number of likely N-dealkylation sites (N-methyl/N-ethyl adjacent to an activating group) is 1. The highest BCUT2D eigenvalue weighted by Gasteiger charge is 2.35. The fraction of sp³-hybridized carbons (Fsp3) is 0.750. The summed E-state index contributed by atoms with van der Waals surface area (Å²) in [4.78, 5) is 14.4. The second-order valence-electron chi connectivity index (χ2n) is 6.57. The molecule has 5 nitrogen and oxygen atoms in total. The third-order valence-electron chi connectivity index (χ3n) is 4.90. The number of hydrogen-bond acceptors (Lipinski definition) is 4. The van der Waals surface area contributed by atoms with Gasteiger partial charge in [-0.3, -0.25) is 4.79 Å². The molecule has 21 heavy (non-hydrogen) atoms. The van der Waals surface area contributed by atoms with E-state index in [1.165, 1.54) is 32.1 Å². The van der Waals surface area contributed by atoms with Gasteiger partial charge in [-0.15, -0.1) is 0 Å². The first-order valence-corrected chi connectivity index (χ1v) is 8.06. The van der Waals surface area contributed by atoms with E-state index in [-0.39, 0.29) is 11.9 Å². The summed E-state index contributed by atoms with van der Waals surface area (Å²) in [5, 5.41) is 7.55. The van der Waals surface area contributed by atoms with Gasteiger partial charge in [0.1, 0.15) is 11.5 Å². The Morgan fingerprint density at radius 3 is 2.95 bits per heavy atom. The van der Waals surface area contributed by atoms with Gasteiger partial charge in [-0.1, -0.05) is 18.0 Å². The lowest BCUT2D eigenvalue weighted by Gasteiger charge is -2.40. The molecule has 116 valence electrons. The molecule has 2 heterocycles. The van der Waals surface area contributed by atoms with Crippen LogP contribution in [-0.2, 0) is 11.3 Å². The van der Waals surface area contributed by atoms with E-state index < -0.39 is 0 Å². The quantitative estimate of drug-likeness (QED) is 0.928. The summed E-state index contributed by atoms with van der Waals surface area (Å²) in [6, 6.07) is 2.40. The fourth-order valence-corrected chi connectivity index (χ4v) is 3.77. The molecule has 1 aromatic rings. The minimum atomic E-state index is -0.0256. The summed E-state index contributed by atoms with van der Waals surface area (Å²) in [6.07, 6.45) is 7.34. The lowest BCUT2D eigenvalue weighted by Crippen LogP contribution is -2.55. The first-order chi connectivity index (χ1) is 10.1. The number of hydrogen-bond donors (Lipinski definition) is 1. The third kappa shape index (κ3) is 3.28. The molecule has 3 atom stereocenters. The van der Waals surface area contributed by atoms with Crippen LogP contribution in [0.25, 0.3) is 0 Å². The molecule has 1 saturated carbocycles. The first kappa shape index (κ1) is 14.6. The predicted molar refractivity (Wildman–Crippen MR) is 79.6 cm³/mol. The van der Waals surface area contributed by atoms with E-state index >= 15 is 0 Å². The van der Waals surface area contributed by atoms with Gasteiger partial charge in [-0.05, 0) is 38.5 Å². The number of carbonyl (C=O) groups excluding carboxylic acids is 1. The van der Waals surface area contributed by atoms with E-state index in [2.05, 4.69) is 10.5 Å². The van der Waals surface area contributed by atoms with Crippen molar-refractivity contribution >= 4 is 5.91 Å². The fourth-order valence-electron chi connectivity index (χ4n) is 3.77. The molecule has 0 aromatic carbocycles. The van der Waals surface area contributed by atoms with Crippen LogP contribution in [0.5, 0.6) is 0 Å². The Bertz CT molecular complexity index is 499. The maximum Gasteiger partial charge on any atom is 0.239 e. The van der Waals surface area contributed by atoms with Crippen LogP contribution >= 0.6 is 0 Å². The number of nitrogens with one attached hydrogen (secondary N) is 1. The van der Waals surface area contributed by atoms with Crippen molar-refractivity contribution in [2.24, 2.45) is 5.92 Å². The second-order valence-corrected chi connectivity index (χ2v) is 6.57. The van der Waals surface area contributed by atoms with Crippen LogP contribution in [0.4, 0.5) is 0 Å². The molecule has 3 unspecified atom stereocenters. The van der Waals surface area contributed by atoms with Crippen LogP contribution in [0.3, 0.4) is 0 Å². The smallest absolute Gasteiger partial charge is 0.239 e. The zero-order valence-electron chi connectivity index (χ0n) is 13.0. The molecule has 1 amide bonds. The Morgan fingerprint density at radius 2 is 2.19 bits per heavy atom. The van der Waals surface area contributed by atoms with Crippen molar-refractivity contribution < 1.29 is 9.32 Å². The van der Waals surface area contributed by atoms with E-state index in [1.807, 2.05) is 20.0 Å². The van der Waals surface area contributed by atoms with Crippen molar-refractivity contribution in [2.45, 2.75) is 64.1 Å². The van der Waals surface area contributed by atoms with Gasteiger partial charge < -0.3 is 14.7 Å². The van der Waals surface area contributed by atoms with Crippen molar-refractivity contribution in [3.63, 3.8) is 0 Å². The van der Waals surface area contributed by atoms with Crippen LogP contribution in [0, 0.1) is 12.8 Å². The zero-order valence-corrected chi connectivity index (χ0v) is 13.0. The van der Waals surface area contributed by atoms with Gasteiger partial charge >= 0.3 is 0 Å². The summed E-state index contributed by atoms with van der Waals surface area (Å²) >= 11 is 0. The maximum absolute atomic E-state index is 12.6. The maximum atomic E-state index is 12.6. The number of piperidine rings is 1. The molecule has 0 spiro atoms. The zero-order chi connectivity index (χ0) is 14.8. The summed E-state index contributed by atoms with van der Waals surface area (Å²) in [6.45, 7) is 2.38. The minimum Gasteiger partial charge on any atom is -0.361 e. The van der Waals surface area contributed by atoms with E-state index in [1.54, 1.807) is 4.90 Å². The highest BCUT2D eigenvalue weighted by Crippen LogP contribution is 2.32. The molecule has 2 fully saturated rings. The van der Waals surface area contributed by atoms with E-state index in [0.29, 0.717) is 12.6 Å². The lowest BCUT2D eigenvalue weighted by molar-refractivity contribution is -0.134. The molecule has 0 bridgehead atoms. The van der Waals surface area contributed by atoms with E-state index in [0.717, 1.165) is 23.8 Å². The minimum absolute atomic E-state index is 0.0256. The first-order valence-electron chi connectivity index (χ1n) is 8.06. The van der Waals surface area contributed by atoms with Crippen LogP contribution in [0.15, 0.2) is 10.6 Å². The molecule has 0 radical (unpaired) electrons. The topological polar surface area (TPSA) is 58.4 Å². The average molecular weight is 291 g/mol. The monoisotopic (exact) mass is 291 g/mol. The van der Waals surface area contributed by atoms with Crippen molar-refractivity contribution in [3.8, 4) is 0 Å². The number of aryl methyl sites for hydroxylation is 1. The van der Waals surface area contributed by atoms with Crippen LogP contribution < -0.4 is 5.32 Å². The molecule has 1 aliphatic carbocycles. The van der Waals surface area contributed by atoms with Crippen LogP contribution in [0.1, 0.15) is 50.0 Å². The number of rotatable bonds is 3. The third-order valence-corrected chi connectivity index (χ3v) is 4.90. The largest absolute Gasteiger partial charge is 0.361 e. The Hall–Kier alpha value is -1.36.